The summed E-state index contributed by atoms with van der Waals surface area (Å²) in [6.45, 7) is 6.82. The Morgan fingerprint density at radius 2 is 2.10 bits per heavy atom. The maximum Gasteiger partial charge on any atom is 0.410 e. The van der Waals surface area contributed by atoms with Crippen molar-refractivity contribution in [2.75, 3.05) is 25.4 Å². The van der Waals surface area contributed by atoms with Gasteiger partial charge in [0.2, 0.25) is 0 Å². The predicted molar refractivity (Wildman–Crippen MR) is 72.9 cm³/mol. The molecule has 2 rings (SSSR count). The van der Waals surface area contributed by atoms with Gasteiger partial charge in [0.1, 0.15) is 11.7 Å². The van der Waals surface area contributed by atoms with Gasteiger partial charge in [-0.15, -0.1) is 0 Å². The summed E-state index contributed by atoms with van der Waals surface area (Å²) < 4.78 is 11.0. The van der Waals surface area contributed by atoms with Crippen LogP contribution < -0.4 is 5.73 Å². The monoisotopic (exact) mass is 280 g/mol. The smallest absolute Gasteiger partial charge is 0.410 e. The number of nitrogens with two attached hydrogens (primary N) is 1. The maximum atomic E-state index is 12.0. The Hall–Kier alpha value is -1.89. The van der Waals surface area contributed by atoms with Crippen LogP contribution in [0.5, 0.6) is 0 Å². The van der Waals surface area contributed by atoms with E-state index in [0.29, 0.717) is 31.2 Å². The lowest BCUT2D eigenvalue weighted by molar-refractivity contribution is -0.0462. The zero-order chi connectivity index (χ0) is 14.8. The molecule has 20 heavy (non-hydrogen) atoms. The van der Waals surface area contributed by atoms with Crippen LogP contribution in [-0.4, -0.2) is 46.3 Å². The summed E-state index contributed by atoms with van der Waals surface area (Å²) in [6, 6.07) is 0. The van der Waals surface area contributed by atoms with E-state index in [1.54, 1.807) is 4.90 Å². The number of hydrogen-bond acceptors (Lipinski definition) is 6. The fourth-order valence-electron chi connectivity index (χ4n) is 1.81. The first-order valence-corrected chi connectivity index (χ1v) is 6.52. The number of rotatable bonds is 1. The number of aromatic nitrogens is 2. The van der Waals surface area contributed by atoms with E-state index in [-0.39, 0.29) is 12.2 Å². The summed E-state index contributed by atoms with van der Waals surface area (Å²) in [5, 5.41) is 0. The van der Waals surface area contributed by atoms with Crippen LogP contribution >= 0.6 is 0 Å². The molecule has 1 saturated heterocycles. The van der Waals surface area contributed by atoms with Crippen LogP contribution in [0.1, 0.15) is 32.7 Å². The van der Waals surface area contributed by atoms with E-state index in [4.69, 9.17) is 15.2 Å². The Morgan fingerprint density at radius 1 is 1.45 bits per heavy atom. The van der Waals surface area contributed by atoms with Crippen molar-refractivity contribution < 1.29 is 14.3 Å². The Balaban J connectivity index is 2.01. The van der Waals surface area contributed by atoms with Gasteiger partial charge in [-0.1, -0.05) is 0 Å². The first kappa shape index (κ1) is 14.5. The van der Waals surface area contributed by atoms with Crippen molar-refractivity contribution in [1.82, 2.24) is 14.9 Å². The normalized spacial score (nSPS) is 19.8. The Bertz CT molecular complexity index is 469. The van der Waals surface area contributed by atoms with Gasteiger partial charge < -0.3 is 20.1 Å². The van der Waals surface area contributed by atoms with E-state index in [9.17, 15) is 4.79 Å². The zero-order valence-corrected chi connectivity index (χ0v) is 12.0. The predicted octanol–water partition coefficient (Wildman–Crippen LogP) is 1.37. The van der Waals surface area contributed by atoms with Crippen molar-refractivity contribution in [3.05, 3.63) is 18.2 Å². The molecule has 1 aromatic heterocycles. The van der Waals surface area contributed by atoms with E-state index in [1.807, 2.05) is 20.8 Å². The summed E-state index contributed by atoms with van der Waals surface area (Å²) in [7, 11) is 0. The number of carbonyl (C=O) groups is 1. The van der Waals surface area contributed by atoms with Crippen LogP contribution in [0.25, 0.3) is 0 Å². The van der Waals surface area contributed by atoms with E-state index in [0.717, 1.165) is 0 Å². The highest BCUT2D eigenvalue weighted by Gasteiger charge is 2.30. The first-order valence-electron chi connectivity index (χ1n) is 6.52. The lowest BCUT2D eigenvalue weighted by Gasteiger charge is -2.33. The number of ether oxygens (including phenoxy) is 2. The third-order valence-electron chi connectivity index (χ3n) is 2.70. The van der Waals surface area contributed by atoms with Gasteiger partial charge in [-0.05, 0) is 20.8 Å². The van der Waals surface area contributed by atoms with Gasteiger partial charge in [-0.2, -0.15) is 0 Å². The molecule has 1 amide bonds. The molecule has 1 atom stereocenters. The average molecular weight is 280 g/mol. The highest BCUT2D eigenvalue weighted by Crippen LogP contribution is 2.21. The fraction of sp³-hybridized carbons (Fsp3) is 0.615. The zero-order valence-electron chi connectivity index (χ0n) is 12.0. The second kappa shape index (κ2) is 5.62. The largest absolute Gasteiger partial charge is 0.444 e. The topological polar surface area (TPSA) is 90.6 Å². The molecule has 7 heteroatoms. The van der Waals surface area contributed by atoms with E-state index in [2.05, 4.69) is 9.97 Å². The van der Waals surface area contributed by atoms with E-state index >= 15 is 0 Å². The number of carbonyl (C=O) groups excluding carboxylic acids is 1. The van der Waals surface area contributed by atoms with Gasteiger partial charge in [0.05, 0.1) is 31.2 Å². The Morgan fingerprint density at radius 3 is 2.70 bits per heavy atom. The third kappa shape index (κ3) is 3.80. The standard InChI is InChI=1S/C13H20N4O3/c1-13(2,3)20-12(18)17-4-5-19-10(8-17)11-15-6-9(14)7-16-11/h6-7,10H,4-5,8,14H2,1-3H3. The van der Waals surface area contributed by atoms with Crippen molar-refractivity contribution in [2.24, 2.45) is 0 Å². The molecule has 0 aromatic carbocycles. The highest BCUT2D eigenvalue weighted by atomic mass is 16.6. The second-order valence-corrected chi connectivity index (χ2v) is 5.66. The van der Waals surface area contributed by atoms with Gasteiger partial charge >= 0.3 is 6.09 Å². The molecule has 0 spiro atoms. The molecule has 1 fully saturated rings. The summed E-state index contributed by atoms with van der Waals surface area (Å²) in [5.74, 6) is 0.521. The van der Waals surface area contributed by atoms with E-state index < -0.39 is 5.60 Å². The molecule has 1 aliphatic rings. The Labute approximate surface area is 118 Å². The number of anilines is 1. The summed E-state index contributed by atoms with van der Waals surface area (Å²) >= 11 is 0. The number of nitrogen functional groups attached to an aromatic ring is 1. The first-order chi connectivity index (χ1) is 9.35. The molecule has 0 radical (unpaired) electrons. The van der Waals surface area contributed by atoms with Crippen LogP contribution in [0.2, 0.25) is 0 Å². The minimum Gasteiger partial charge on any atom is -0.444 e. The van der Waals surface area contributed by atoms with Gasteiger partial charge in [0.15, 0.2) is 5.82 Å². The molecule has 1 aromatic rings. The maximum absolute atomic E-state index is 12.0. The number of morpholine rings is 1. The molecule has 7 nitrogen and oxygen atoms in total. The fourth-order valence-corrected chi connectivity index (χ4v) is 1.81. The third-order valence-corrected chi connectivity index (χ3v) is 2.70. The lowest BCUT2D eigenvalue weighted by atomic mass is 10.2. The SMILES string of the molecule is CC(C)(C)OC(=O)N1CCOC(c2ncc(N)cn2)C1. The molecule has 0 bridgehead atoms. The number of amides is 1. The van der Waals surface area contributed by atoms with Gasteiger partial charge in [-0.3, -0.25) is 0 Å². The molecular formula is C13H20N4O3. The van der Waals surface area contributed by atoms with Gasteiger partial charge in [0.25, 0.3) is 0 Å². The molecular weight excluding hydrogens is 260 g/mol. The summed E-state index contributed by atoms with van der Waals surface area (Å²) in [4.78, 5) is 21.9. The second-order valence-electron chi connectivity index (χ2n) is 5.66. The van der Waals surface area contributed by atoms with Gasteiger partial charge in [0, 0.05) is 6.54 Å². The quantitative estimate of drug-likeness (QED) is 0.835. The lowest BCUT2D eigenvalue weighted by Crippen LogP contribution is -2.45. The number of hydrogen-bond donors (Lipinski definition) is 1. The van der Waals surface area contributed by atoms with Crippen molar-refractivity contribution in [3.8, 4) is 0 Å². The van der Waals surface area contributed by atoms with Crippen LogP contribution in [-0.2, 0) is 9.47 Å². The van der Waals surface area contributed by atoms with Gasteiger partial charge in [-0.25, -0.2) is 14.8 Å². The molecule has 1 aliphatic heterocycles. The minimum atomic E-state index is -0.511. The summed E-state index contributed by atoms with van der Waals surface area (Å²) in [6.07, 6.45) is 2.36. The summed E-state index contributed by atoms with van der Waals surface area (Å²) in [5.41, 5.74) is 5.53. The minimum absolute atomic E-state index is 0.346. The molecule has 0 saturated carbocycles. The van der Waals surface area contributed by atoms with Crippen molar-refractivity contribution in [2.45, 2.75) is 32.5 Å². The molecule has 1 unspecified atom stereocenters. The van der Waals surface area contributed by atoms with Crippen molar-refractivity contribution in [1.29, 1.82) is 0 Å². The van der Waals surface area contributed by atoms with Crippen LogP contribution in [0.15, 0.2) is 12.4 Å². The molecule has 2 heterocycles. The van der Waals surface area contributed by atoms with Crippen molar-refractivity contribution in [3.63, 3.8) is 0 Å². The molecule has 0 aliphatic carbocycles. The Kier molecular flexibility index (Phi) is 4.08. The average Bonchev–Trinajstić information content (AvgIpc) is 2.38. The van der Waals surface area contributed by atoms with Crippen LogP contribution in [0.4, 0.5) is 10.5 Å². The van der Waals surface area contributed by atoms with Crippen LogP contribution in [0, 0.1) is 0 Å². The number of nitrogens with zero attached hydrogens (tertiary/aromatic N) is 3. The van der Waals surface area contributed by atoms with Crippen molar-refractivity contribution >= 4 is 11.8 Å². The van der Waals surface area contributed by atoms with Crippen LogP contribution in [0.3, 0.4) is 0 Å². The molecule has 110 valence electrons. The van der Waals surface area contributed by atoms with E-state index in [1.165, 1.54) is 12.4 Å². The molecule has 2 N–H and O–H groups in total. The highest BCUT2D eigenvalue weighted by molar-refractivity contribution is 5.68.